The number of amides is 2. The molecule has 2 amide bonds. The van der Waals surface area contributed by atoms with Crippen LogP contribution in [0.5, 0.6) is 0 Å². The van der Waals surface area contributed by atoms with Crippen molar-refractivity contribution in [1.29, 1.82) is 0 Å². The third kappa shape index (κ3) is 3.76. The minimum Gasteiger partial charge on any atom is -0.451 e. The van der Waals surface area contributed by atoms with Crippen molar-refractivity contribution in [1.82, 2.24) is 9.80 Å². The van der Waals surface area contributed by atoms with Gasteiger partial charge in [0.15, 0.2) is 5.76 Å². The summed E-state index contributed by atoms with van der Waals surface area (Å²) in [6.45, 7) is 3.15. The van der Waals surface area contributed by atoms with E-state index < -0.39 is 11.7 Å². The smallest absolute Gasteiger partial charge is 0.290 e. The number of carbonyl (C=O) groups is 2. The highest BCUT2D eigenvalue weighted by atomic mass is 79.9. The normalized spacial score (nSPS) is 14.5. The molecule has 0 bridgehead atoms. The molecule has 4 rings (SSSR count). The molecule has 1 saturated heterocycles. The van der Waals surface area contributed by atoms with E-state index in [2.05, 4.69) is 15.9 Å². The van der Waals surface area contributed by atoms with E-state index in [9.17, 15) is 14.0 Å². The Bertz CT molecular complexity index is 1120. The van der Waals surface area contributed by atoms with E-state index >= 15 is 0 Å². The van der Waals surface area contributed by atoms with E-state index in [1.54, 1.807) is 4.90 Å². The number of furan rings is 1. The van der Waals surface area contributed by atoms with Crippen LogP contribution in [0.4, 0.5) is 4.39 Å². The van der Waals surface area contributed by atoms with Crippen molar-refractivity contribution in [3.63, 3.8) is 0 Å². The summed E-state index contributed by atoms with van der Waals surface area (Å²) in [5, 5.41) is 1.18. The van der Waals surface area contributed by atoms with Gasteiger partial charge in [-0.3, -0.25) is 9.59 Å². The van der Waals surface area contributed by atoms with Gasteiger partial charge < -0.3 is 14.2 Å². The summed E-state index contributed by atoms with van der Waals surface area (Å²) in [5.74, 6) is -0.946. The fourth-order valence-electron chi connectivity index (χ4n) is 3.49. The summed E-state index contributed by atoms with van der Waals surface area (Å²) in [6.07, 6.45) is 0. The van der Waals surface area contributed by atoms with Gasteiger partial charge in [-0.25, -0.2) is 4.39 Å². The van der Waals surface area contributed by atoms with Gasteiger partial charge in [-0.1, -0.05) is 27.5 Å². The molecule has 0 atom stereocenters. The van der Waals surface area contributed by atoms with Crippen molar-refractivity contribution in [2.45, 2.75) is 6.92 Å². The molecule has 2 heterocycles. The fraction of sp³-hybridized carbons (Fsp3) is 0.238. The van der Waals surface area contributed by atoms with E-state index in [1.807, 2.05) is 25.1 Å². The van der Waals surface area contributed by atoms with Crippen molar-refractivity contribution in [2.24, 2.45) is 0 Å². The van der Waals surface area contributed by atoms with Gasteiger partial charge >= 0.3 is 0 Å². The SMILES string of the molecule is Cc1c(C(=O)N2CCN(C(=O)c3cc(Cl)ccc3F)CC2)oc2ccc(Br)cc12. The quantitative estimate of drug-likeness (QED) is 0.526. The summed E-state index contributed by atoms with van der Waals surface area (Å²) in [4.78, 5) is 28.8. The number of carbonyl (C=O) groups excluding carboxylic acids is 2. The second kappa shape index (κ2) is 7.80. The lowest BCUT2D eigenvalue weighted by atomic mass is 10.1. The van der Waals surface area contributed by atoms with Crippen LogP contribution < -0.4 is 0 Å². The van der Waals surface area contributed by atoms with Gasteiger partial charge in [-0.05, 0) is 43.3 Å². The first kappa shape index (κ1) is 19.9. The Balaban J connectivity index is 1.48. The first-order valence-corrected chi connectivity index (χ1v) is 10.2. The highest BCUT2D eigenvalue weighted by Gasteiger charge is 2.29. The molecule has 0 saturated carbocycles. The van der Waals surface area contributed by atoms with Gasteiger partial charge in [-0.2, -0.15) is 0 Å². The number of fused-ring (bicyclic) bond motifs is 1. The highest BCUT2D eigenvalue weighted by molar-refractivity contribution is 9.10. The number of rotatable bonds is 2. The Hall–Kier alpha value is -2.38. The summed E-state index contributed by atoms with van der Waals surface area (Å²) < 4.78 is 20.7. The number of hydrogen-bond acceptors (Lipinski definition) is 3. The van der Waals surface area contributed by atoms with E-state index in [0.717, 1.165) is 15.4 Å². The molecule has 0 N–H and O–H groups in total. The minimum atomic E-state index is -0.609. The molecule has 2 aromatic carbocycles. The Morgan fingerprint density at radius 2 is 1.69 bits per heavy atom. The van der Waals surface area contributed by atoms with Crippen molar-refractivity contribution in [3.05, 3.63) is 68.6 Å². The van der Waals surface area contributed by atoms with Crippen LogP contribution in [0.15, 0.2) is 45.3 Å². The molecule has 3 aromatic rings. The zero-order valence-corrected chi connectivity index (χ0v) is 17.9. The number of halogens is 3. The number of piperazine rings is 1. The van der Waals surface area contributed by atoms with E-state index in [1.165, 1.54) is 23.1 Å². The topological polar surface area (TPSA) is 53.8 Å². The summed E-state index contributed by atoms with van der Waals surface area (Å²) in [7, 11) is 0. The molecule has 29 heavy (non-hydrogen) atoms. The highest BCUT2D eigenvalue weighted by Crippen LogP contribution is 2.29. The van der Waals surface area contributed by atoms with Gasteiger partial charge in [0, 0.05) is 46.6 Å². The monoisotopic (exact) mass is 478 g/mol. The van der Waals surface area contributed by atoms with Crippen molar-refractivity contribution < 1.29 is 18.4 Å². The zero-order valence-electron chi connectivity index (χ0n) is 15.5. The molecule has 1 aliphatic rings. The fourth-order valence-corrected chi connectivity index (χ4v) is 4.02. The largest absolute Gasteiger partial charge is 0.451 e. The van der Waals surface area contributed by atoms with E-state index in [-0.39, 0.29) is 11.5 Å². The molecule has 1 aromatic heterocycles. The second-order valence-corrected chi connectivity index (χ2v) is 8.26. The molecule has 1 fully saturated rings. The summed E-state index contributed by atoms with van der Waals surface area (Å²) >= 11 is 9.32. The van der Waals surface area contributed by atoms with Gasteiger partial charge in [-0.15, -0.1) is 0 Å². The first-order valence-electron chi connectivity index (χ1n) is 9.07. The van der Waals surface area contributed by atoms with Crippen LogP contribution in [0.1, 0.15) is 26.5 Å². The molecule has 8 heteroatoms. The molecular weight excluding hydrogens is 463 g/mol. The molecule has 0 spiro atoms. The lowest BCUT2D eigenvalue weighted by Gasteiger charge is -2.34. The predicted octanol–water partition coefficient (Wildman–Crippen LogP) is 4.89. The number of hydrogen-bond donors (Lipinski definition) is 0. The Labute approximate surface area is 180 Å². The Kier molecular flexibility index (Phi) is 5.36. The number of benzene rings is 2. The maximum absolute atomic E-state index is 14.0. The minimum absolute atomic E-state index is 0.0593. The van der Waals surface area contributed by atoms with Crippen molar-refractivity contribution in [3.8, 4) is 0 Å². The van der Waals surface area contributed by atoms with Crippen LogP contribution in [0.2, 0.25) is 5.02 Å². The Morgan fingerprint density at radius 3 is 2.38 bits per heavy atom. The summed E-state index contributed by atoms with van der Waals surface area (Å²) in [5.41, 5.74) is 1.38. The van der Waals surface area contributed by atoms with Crippen molar-refractivity contribution in [2.75, 3.05) is 26.2 Å². The van der Waals surface area contributed by atoms with Crippen LogP contribution in [0.3, 0.4) is 0 Å². The first-order chi connectivity index (χ1) is 13.8. The van der Waals surface area contributed by atoms with Gasteiger partial charge in [0.05, 0.1) is 5.56 Å². The maximum Gasteiger partial charge on any atom is 0.290 e. The molecule has 0 radical (unpaired) electrons. The molecular formula is C21H17BrClFN2O3. The van der Waals surface area contributed by atoms with Gasteiger partial charge in [0.1, 0.15) is 11.4 Å². The standard InChI is InChI=1S/C21H17BrClFN2O3/c1-12-15-10-13(22)2-5-18(15)29-19(12)21(28)26-8-6-25(7-9-26)20(27)16-11-14(23)3-4-17(16)24/h2-5,10-11H,6-9H2,1H3. The molecule has 150 valence electrons. The molecule has 5 nitrogen and oxygen atoms in total. The second-order valence-electron chi connectivity index (χ2n) is 6.91. The zero-order chi connectivity index (χ0) is 20.7. The summed E-state index contributed by atoms with van der Waals surface area (Å²) in [6, 6.07) is 9.50. The maximum atomic E-state index is 14.0. The van der Waals surface area contributed by atoms with Crippen LogP contribution in [-0.2, 0) is 0 Å². The Morgan fingerprint density at radius 1 is 1.03 bits per heavy atom. The van der Waals surface area contributed by atoms with E-state index in [4.69, 9.17) is 16.0 Å². The average Bonchev–Trinajstić information content (AvgIpc) is 3.05. The van der Waals surface area contributed by atoms with Crippen LogP contribution in [0.25, 0.3) is 11.0 Å². The molecule has 0 aliphatic carbocycles. The van der Waals surface area contributed by atoms with E-state index in [0.29, 0.717) is 42.5 Å². The van der Waals surface area contributed by atoms with Gasteiger partial charge in [0.25, 0.3) is 11.8 Å². The average molecular weight is 480 g/mol. The predicted molar refractivity (Wildman–Crippen MR) is 112 cm³/mol. The van der Waals surface area contributed by atoms with Crippen LogP contribution >= 0.6 is 27.5 Å². The number of nitrogens with zero attached hydrogens (tertiary/aromatic N) is 2. The third-order valence-electron chi connectivity index (χ3n) is 5.11. The van der Waals surface area contributed by atoms with Crippen LogP contribution in [-0.4, -0.2) is 47.8 Å². The number of aryl methyl sites for hydroxylation is 1. The lowest BCUT2D eigenvalue weighted by molar-refractivity contribution is 0.0516. The third-order valence-corrected chi connectivity index (χ3v) is 5.83. The molecule has 0 unspecified atom stereocenters. The van der Waals surface area contributed by atoms with Gasteiger partial charge in [0.2, 0.25) is 0 Å². The lowest BCUT2D eigenvalue weighted by Crippen LogP contribution is -2.50. The molecule has 1 aliphatic heterocycles. The van der Waals surface area contributed by atoms with Crippen LogP contribution in [0, 0.1) is 12.7 Å². The van der Waals surface area contributed by atoms with Crippen molar-refractivity contribution >= 4 is 50.3 Å².